The quantitative estimate of drug-likeness (QED) is 0.882. The molecule has 1 fully saturated rings. The van der Waals surface area contributed by atoms with Crippen molar-refractivity contribution in [1.29, 1.82) is 0 Å². The molecule has 22 heavy (non-hydrogen) atoms. The number of carbonyl (C=O) groups excluding carboxylic acids is 1. The van der Waals surface area contributed by atoms with Gasteiger partial charge >= 0.3 is 0 Å². The lowest BCUT2D eigenvalue weighted by Crippen LogP contribution is -2.33. The van der Waals surface area contributed by atoms with Gasteiger partial charge in [0, 0.05) is 12.5 Å². The summed E-state index contributed by atoms with van der Waals surface area (Å²) in [6, 6.07) is 3.52. The molecule has 0 saturated heterocycles. The third kappa shape index (κ3) is 3.22. The molecule has 1 amide bonds. The largest absolute Gasteiger partial charge is 0.459 e. The van der Waals surface area contributed by atoms with Gasteiger partial charge in [0.05, 0.1) is 24.5 Å². The van der Waals surface area contributed by atoms with Crippen molar-refractivity contribution in [3.63, 3.8) is 0 Å². The summed E-state index contributed by atoms with van der Waals surface area (Å²) in [6.45, 7) is 2.30. The van der Waals surface area contributed by atoms with Crippen molar-refractivity contribution in [2.75, 3.05) is 6.54 Å². The second-order valence-corrected chi connectivity index (χ2v) is 5.74. The van der Waals surface area contributed by atoms with Crippen LogP contribution in [0.5, 0.6) is 0 Å². The molecule has 1 aliphatic carbocycles. The summed E-state index contributed by atoms with van der Waals surface area (Å²) in [5, 5.41) is 12.6. The van der Waals surface area contributed by atoms with E-state index in [-0.39, 0.29) is 24.3 Å². The van der Waals surface area contributed by atoms with Crippen molar-refractivity contribution < 1.29 is 18.7 Å². The number of nitrogens with one attached hydrogen (secondary N) is 1. The number of aromatic nitrogens is 1. The van der Waals surface area contributed by atoms with Crippen molar-refractivity contribution in [3.05, 3.63) is 29.9 Å². The first-order valence-electron chi connectivity index (χ1n) is 7.58. The Labute approximate surface area is 128 Å². The van der Waals surface area contributed by atoms with Crippen LogP contribution in [0.1, 0.15) is 30.7 Å². The summed E-state index contributed by atoms with van der Waals surface area (Å²) in [5.41, 5.74) is 0.607. The van der Waals surface area contributed by atoms with E-state index in [0.717, 1.165) is 19.3 Å². The van der Waals surface area contributed by atoms with E-state index in [4.69, 9.17) is 8.83 Å². The van der Waals surface area contributed by atoms with Crippen LogP contribution in [0.25, 0.3) is 11.7 Å². The molecule has 2 aromatic rings. The zero-order chi connectivity index (χ0) is 15.5. The van der Waals surface area contributed by atoms with Gasteiger partial charge in [0.1, 0.15) is 5.76 Å². The molecule has 1 aliphatic rings. The number of hydrogen-bond acceptors (Lipinski definition) is 5. The zero-order valence-corrected chi connectivity index (χ0v) is 12.5. The minimum Gasteiger partial charge on any atom is -0.459 e. The number of rotatable bonds is 5. The highest BCUT2D eigenvalue weighted by molar-refractivity contribution is 5.78. The van der Waals surface area contributed by atoms with Crippen molar-refractivity contribution in [2.24, 2.45) is 5.92 Å². The molecule has 118 valence electrons. The van der Waals surface area contributed by atoms with Crippen molar-refractivity contribution in [1.82, 2.24) is 10.3 Å². The third-order valence-corrected chi connectivity index (χ3v) is 4.13. The molecule has 0 aromatic carbocycles. The Kier molecular flexibility index (Phi) is 4.29. The summed E-state index contributed by atoms with van der Waals surface area (Å²) in [6.07, 6.45) is 4.24. The molecule has 2 heterocycles. The second-order valence-electron chi connectivity index (χ2n) is 5.74. The van der Waals surface area contributed by atoms with Gasteiger partial charge in [-0.25, -0.2) is 4.98 Å². The molecular weight excluding hydrogens is 284 g/mol. The lowest BCUT2D eigenvalue weighted by atomic mass is 10.1. The van der Waals surface area contributed by atoms with E-state index in [2.05, 4.69) is 10.3 Å². The Balaban J connectivity index is 1.57. The molecule has 2 atom stereocenters. The fourth-order valence-electron chi connectivity index (χ4n) is 2.81. The predicted octanol–water partition coefficient (Wildman–Crippen LogP) is 2.06. The first kappa shape index (κ1) is 14.8. The monoisotopic (exact) mass is 304 g/mol. The fraction of sp³-hybridized carbons (Fsp3) is 0.500. The number of hydrogen-bond donors (Lipinski definition) is 2. The lowest BCUT2D eigenvalue weighted by molar-refractivity contribution is -0.120. The Bertz CT molecular complexity index is 633. The van der Waals surface area contributed by atoms with Crippen molar-refractivity contribution in [3.8, 4) is 11.7 Å². The third-order valence-electron chi connectivity index (χ3n) is 4.13. The molecule has 0 aliphatic heterocycles. The average molecular weight is 304 g/mol. The maximum atomic E-state index is 12.0. The molecule has 6 heteroatoms. The Morgan fingerprint density at radius 2 is 2.36 bits per heavy atom. The Morgan fingerprint density at radius 3 is 3.05 bits per heavy atom. The van der Waals surface area contributed by atoms with Crippen LogP contribution in [0, 0.1) is 12.8 Å². The topological polar surface area (TPSA) is 88.5 Å². The number of carbonyl (C=O) groups is 1. The standard InChI is InChI=1S/C16H20N2O4/c1-10-12(18-16(22-10)14-6-3-7-21-14)8-15(20)17-9-11-4-2-5-13(11)19/h3,6-7,11,13,19H,2,4-5,8-9H2,1H3,(H,17,20). The van der Waals surface area contributed by atoms with E-state index in [1.165, 1.54) is 0 Å². The first-order chi connectivity index (χ1) is 10.6. The van der Waals surface area contributed by atoms with Crippen LogP contribution in [0.3, 0.4) is 0 Å². The van der Waals surface area contributed by atoms with E-state index in [0.29, 0.717) is 29.6 Å². The highest BCUT2D eigenvalue weighted by atomic mass is 16.4. The number of aliphatic hydroxyl groups is 1. The van der Waals surface area contributed by atoms with E-state index in [1.807, 2.05) is 0 Å². The van der Waals surface area contributed by atoms with E-state index >= 15 is 0 Å². The highest BCUT2D eigenvalue weighted by Crippen LogP contribution is 2.25. The summed E-state index contributed by atoms with van der Waals surface area (Å²) in [5.74, 6) is 1.60. The molecule has 1 saturated carbocycles. The number of oxazole rings is 1. The maximum absolute atomic E-state index is 12.0. The molecule has 2 unspecified atom stereocenters. The summed E-state index contributed by atoms with van der Waals surface area (Å²) >= 11 is 0. The van der Waals surface area contributed by atoms with Gasteiger partial charge in [0.25, 0.3) is 5.89 Å². The molecular formula is C16H20N2O4. The summed E-state index contributed by atoms with van der Waals surface area (Å²) < 4.78 is 10.8. The lowest BCUT2D eigenvalue weighted by Gasteiger charge is -2.14. The van der Waals surface area contributed by atoms with E-state index in [1.54, 1.807) is 25.3 Å². The van der Waals surface area contributed by atoms with Crippen LogP contribution in [-0.4, -0.2) is 28.6 Å². The first-order valence-corrected chi connectivity index (χ1v) is 7.58. The summed E-state index contributed by atoms with van der Waals surface area (Å²) in [7, 11) is 0. The predicted molar refractivity (Wildman–Crippen MR) is 79.0 cm³/mol. The molecule has 0 radical (unpaired) electrons. The number of aliphatic hydroxyl groups excluding tert-OH is 1. The van der Waals surface area contributed by atoms with Crippen LogP contribution in [0.2, 0.25) is 0 Å². The SMILES string of the molecule is Cc1oc(-c2ccco2)nc1CC(=O)NCC1CCCC1O. The zero-order valence-electron chi connectivity index (χ0n) is 12.5. The Hall–Kier alpha value is -2.08. The minimum absolute atomic E-state index is 0.110. The maximum Gasteiger partial charge on any atom is 0.263 e. The van der Waals surface area contributed by atoms with Gasteiger partial charge in [-0.2, -0.15) is 0 Å². The average Bonchev–Trinajstić information content (AvgIpc) is 3.19. The van der Waals surface area contributed by atoms with E-state index in [9.17, 15) is 9.90 Å². The van der Waals surface area contributed by atoms with Crippen LogP contribution in [-0.2, 0) is 11.2 Å². The molecule has 0 spiro atoms. The van der Waals surface area contributed by atoms with E-state index < -0.39 is 0 Å². The van der Waals surface area contributed by atoms with Crippen LogP contribution in [0.15, 0.2) is 27.2 Å². The van der Waals surface area contributed by atoms with Gasteiger partial charge < -0.3 is 19.3 Å². The van der Waals surface area contributed by atoms with Crippen molar-refractivity contribution in [2.45, 2.75) is 38.7 Å². The summed E-state index contributed by atoms with van der Waals surface area (Å²) in [4.78, 5) is 16.3. The number of nitrogens with zero attached hydrogens (tertiary/aromatic N) is 1. The smallest absolute Gasteiger partial charge is 0.263 e. The highest BCUT2D eigenvalue weighted by Gasteiger charge is 2.25. The number of aryl methyl sites for hydroxylation is 1. The molecule has 0 bridgehead atoms. The van der Waals surface area contributed by atoms with Gasteiger partial charge in [-0.1, -0.05) is 6.42 Å². The molecule has 2 aromatic heterocycles. The molecule has 3 rings (SSSR count). The van der Waals surface area contributed by atoms with Gasteiger partial charge in [-0.3, -0.25) is 4.79 Å². The van der Waals surface area contributed by atoms with Gasteiger partial charge in [0.2, 0.25) is 5.91 Å². The minimum atomic E-state index is -0.292. The second kappa shape index (κ2) is 6.36. The number of furan rings is 1. The van der Waals surface area contributed by atoms with Crippen LogP contribution in [0.4, 0.5) is 0 Å². The molecule has 2 N–H and O–H groups in total. The fourth-order valence-corrected chi connectivity index (χ4v) is 2.81. The Morgan fingerprint density at radius 1 is 1.50 bits per heavy atom. The van der Waals surface area contributed by atoms with Gasteiger partial charge in [0.15, 0.2) is 5.76 Å². The van der Waals surface area contributed by atoms with Gasteiger partial charge in [-0.05, 0) is 31.9 Å². The van der Waals surface area contributed by atoms with Crippen molar-refractivity contribution >= 4 is 5.91 Å². The van der Waals surface area contributed by atoms with Crippen LogP contribution >= 0.6 is 0 Å². The van der Waals surface area contributed by atoms with Gasteiger partial charge in [-0.15, -0.1) is 0 Å². The normalized spacial score (nSPS) is 21.2. The van der Waals surface area contributed by atoms with Crippen LogP contribution < -0.4 is 5.32 Å². The number of amides is 1. The molecule has 6 nitrogen and oxygen atoms in total.